The maximum atomic E-state index is 13.0. The van der Waals surface area contributed by atoms with E-state index in [1.165, 1.54) is 4.90 Å². The Morgan fingerprint density at radius 3 is 2.33 bits per heavy atom. The summed E-state index contributed by atoms with van der Waals surface area (Å²) >= 11 is 0. The van der Waals surface area contributed by atoms with Gasteiger partial charge in [0.15, 0.2) is 0 Å². The van der Waals surface area contributed by atoms with Crippen LogP contribution in [0.3, 0.4) is 0 Å². The lowest BCUT2D eigenvalue weighted by molar-refractivity contribution is -0.204. The van der Waals surface area contributed by atoms with E-state index in [0.717, 1.165) is 5.56 Å². The Kier molecular flexibility index (Phi) is 4.66. The van der Waals surface area contributed by atoms with Crippen molar-refractivity contribution in [2.75, 3.05) is 13.1 Å². The van der Waals surface area contributed by atoms with Gasteiger partial charge in [0.05, 0.1) is 18.7 Å². The Balaban J connectivity index is 0.00000100. The lowest BCUT2D eigenvalue weighted by Gasteiger charge is -2.50. The molecule has 1 saturated heterocycles. The molecule has 1 aromatic rings. The van der Waals surface area contributed by atoms with Crippen molar-refractivity contribution in [2.45, 2.75) is 51.7 Å². The molecule has 0 atom stereocenters. The predicted molar refractivity (Wildman–Crippen MR) is 80.8 cm³/mol. The van der Waals surface area contributed by atoms with Crippen LogP contribution in [-0.4, -0.2) is 39.9 Å². The summed E-state index contributed by atoms with van der Waals surface area (Å²) in [4.78, 5) is 13.4. The first-order valence-corrected chi connectivity index (χ1v) is 7.99. The third-order valence-electron chi connectivity index (χ3n) is 4.57. The van der Waals surface area contributed by atoms with E-state index in [9.17, 15) is 18.0 Å². The monoisotopic (exact) mass is 342 g/mol. The number of aromatic nitrogens is 2. The quantitative estimate of drug-likeness (QED) is 0.848. The molecule has 0 bridgehead atoms. The average Bonchev–Trinajstić information content (AvgIpc) is 3.21. The zero-order chi connectivity index (χ0) is 18.2. The molecule has 0 spiro atoms. The zero-order valence-corrected chi connectivity index (χ0v) is 14.0. The molecule has 2 heterocycles. The van der Waals surface area contributed by atoms with Crippen molar-refractivity contribution in [3.05, 3.63) is 18.0 Å². The van der Waals surface area contributed by atoms with Crippen molar-refractivity contribution in [1.82, 2.24) is 14.7 Å². The van der Waals surface area contributed by atoms with Gasteiger partial charge in [-0.15, -0.1) is 0 Å². The van der Waals surface area contributed by atoms with Crippen LogP contribution in [0, 0.1) is 23.7 Å². The molecule has 1 saturated carbocycles. The van der Waals surface area contributed by atoms with E-state index in [2.05, 4.69) is 5.10 Å². The maximum absolute atomic E-state index is 13.0. The highest BCUT2D eigenvalue weighted by Crippen LogP contribution is 2.59. The van der Waals surface area contributed by atoms with Gasteiger partial charge in [-0.25, -0.2) is 0 Å². The molecule has 24 heavy (non-hydrogen) atoms. The highest BCUT2D eigenvalue weighted by molar-refractivity contribution is 5.87. The number of likely N-dealkylation sites (tertiary alicyclic amines) is 1. The molecule has 0 radical (unpaired) electrons. The summed E-state index contributed by atoms with van der Waals surface area (Å²) in [6.07, 6.45) is -1.30. The minimum Gasteiger partial charge on any atom is -0.337 e. The topological polar surface area (TPSA) is 61.9 Å². The normalized spacial score (nSPS) is 20.3. The van der Waals surface area contributed by atoms with Crippen LogP contribution in [0.1, 0.15) is 38.7 Å². The summed E-state index contributed by atoms with van der Waals surface area (Å²) in [5, 5.41) is 13.1. The van der Waals surface area contributed by atoms with Gasteiger partial charge in [0.2, 0.25) is 5.91 Å². The van der Waals surface area contributed by atoms with Crippen LogP contribution in [0.2, 0.25) is 0 Å². The van der Waals surface area contributed by atoms with Gasteiger partial charge >= 0.3 is 6.18 Å². The number of halogens is 3. The van der Waals surface area contributed by atoms with E-state index in [1.54, 1.807) is 17.1 Å². The molecular formula is C16H21F3N4O. The fourth-order valence-corrected chi connectivity index (χ4v) is 3.01. The minimum atomic E-state index is -4.50. The molecule has 1 aliphatic carbocycles. The van der Waals surface area contributed by atoms with Crippen molar-refractivity contribution < 1.29 is 18.0 Å². The van der Waals surface area contributed by atoms with Crippen LogP contribution in [0.5, 0.6) is 0 Å². The lowest BCUT2D eigenvalue weighted by atomic mass is 9.85. The van der Waals surface area contributed by atoms with Gasteiger partial charge in [0.25, 0.3) is 0 Å². The number of hydrogen-bond donors (Lipinski definition) is 0. The molecule has 1 aliphatic heterocycles. The number of aryl methyl sites for hydroxylation is 1. The van der Waals surface area contributed by atoms with Crippen LogP contribution in [0.15, 0.2) is 12.4 Å². The number of carbonyl (C=O) groups is 1. The first-order valence-electron chi connectivity index (χ1n) is 7.99. The second-order valence-electron chi connectivity index (χ2n) is 6.26. The van der Waals surface area contributed by atoms with E-state index >= 15 is 0 Å². The number of rotatable bonds is 3. The second kappa shape index (κ2) is 6.11. The molecular weight excluding hydrogens is 321 g/mol. The number of carbonyl (C=O) groups excluding carboxylic acids is 1. The van der Waals surface area contributed by atoms with Gasteiger partial charge in [-0.1, -0.05) is 13.8 Å². The first kappa shape index (κ1) is 18.3. The van der Waals surface area contributed by atoms with Gasteiger partial charge < -0.3 is 4.90 Å². The van der Waals surface area contributed by atoms with Crippen LogP contribution < -0.4 is 0 Å². The Labute approximate surface area is 139 Å². The molecule has 132 valence electrons. The molecule has 5 nitrogen and oxygen atoms in total. The third-order valence-corrected chi connectivity index (χ3v) is 4.57. The van der Waals surface area contributed by atoms with Crippen molar-refractivity contribution in [1.29, 1.82) is 5.26 Å². The van der Waals surface area contributed by atoms with Gasteiger partial charge in [-0.2, -0.15) is 23.5 Å². The summed E-state index contributed by atoms with van der Waals surface area (Å²) in [5.41, 5.74) is -2.00. The molecule has 0 unspecified atom stereocenters. The highest BCUT2D eigenvalue weighted by atomic mass is 19.4. The number of nitriles is 1. The van der Waals surface area contributed by atoms with E-state index in [1.807, 2.05) is 26.8 Å². The maximum Gasteiger partial charge on any atom is 0.403 e. The van der Waals surface area contributed by atoms with E-state index in [0.29, 0.717) is 0 Å². The number of amides is 1. The van der Waals surface area contributed by atoms with Crippen LogP contribution in [0.25, 0.3) is 0 Å². The minimum absolute atomic E-state index is 0.0956. The van der Waals surface area contributed by atoms with Crippen molar-refractivity contribution in [2.24, 2.45) is 5.41 Å². The Morgan fingerprint density at radius 2 is 1.96 bits per heavy atom. The number of hydrogen-bond acceptors (Lipinski definition) is 3. The molecule has 2 fully saturated rings. The molecule has 0 N–H and O–H groups in total. The second-order valence-corrected chi connectivity index (χ2v) is 6.26. The fraction of sp³-hybridized carbons (Fsp3) is 0.688. The Hall–Kier alpha value is -2.04. The number of alkyl halides is 3. The average molecular weight is 342 g/mol. The van der Waals surface area contributed by atoms with Crippen molar-refractivity contribution >= 4 is 5.91 Å². The molecule has 1 amide bonds. The molecule has 8 heteroatoms. The summed E-state index contributed by atoms with van der Waals surface area (Å²) < 4.78 is 40.6. The largest absolute Gasteiger partial charge is 0.403 e. The van der Waals surface area contributed by atoms with E-state index in [4.69, 9.17) is 5.26 Å². The van der Waals surface area contributed by atoms with Crippen molar-refractivity contribution in [3.63, 3.8) is 0 Å². The summed E-state index contributed by atoms with van der Waals surface area (Å²) in [6, 6.07) is 2.04. The van der Waals surface area contributed by atoms with Gasteiger partial charge in [0.1, 0.15) is 11.0 Å². The molecule has 0 aromatic carbocycles. The van der Waals surface area contributed by atoms with Gasteiger partial charge in [-0.3, -0.25) is 9.48 Å². The number of nitrogens with zero attached hydrogens (tertiary/aromatic N) is 4. The third kappa shape index (κ3) is 2.76. The van der Waals surface area contributed by atoms with Crippen LogP contribution >= 0.6 is 0 Å². The smallest absolute Gasteiger partial charge is 0.337 e. The molecule has 3 rings (SSSR count). The van der Waals surface area contributed by atoms with E-state index < -0.39 is 23.0 Å². The van der Waals surface area contributed by atoms with Gasteiger partial charge in [0, 0.05) is 19.3 Å². The molecule has 1 aromatic heterocycles. The summed E-state index contributed by atoms with van der Waals surface area (Å²) in [6.45, 7) is 6.03. The fourth-order valence-electron chi connectivity index (χ4n) is 3.01. The first-order chi connectivity index (χ1) is 11.2. The van der Waals surface area contributed by atoms with Gasteiger partial charge in [-0.05, 0) is 25.3 Å². The van der Waals surface area contributed by atoms with Crippen LogP contribution in [-0.2, 0) is 10.3 Å². The summed E-state index contributed by atoms with van der Waals surface area (Å²) in [5.74, 6) is -0.863. The molecule has 2 aliphatic rings. The standard InChI is InChI=1S/C14H15F3N4O.C2H6/c1-10-6-19-21(7-10)12(4-5-18)8-20(9-12)11(22)13(2-3-13)14(15,16)17;1-2/h6-7H,2-4,8-9H2,1H3;1-2H3. The van der Waals surface area contributed by atoms with E-state index in [-0.39, 0.29) is 32.4 Å². The lowest BCUT2D eigenvalue weighted by Crippen LogP contribution is -2.66. The van der Waals surface area contributed by atoms with Crippen LogP contribution in [0.4, 0.5) is 13.2 Å². The SMILES string of the molecule is CC.Cc1cnn(C2(CC#N)CN(C(=O)C3(C(F)(F)F)CC3)C2)c1. The van der Waals surface area contributed by atoms with Crippen molar-refractivity contribution in [3.8, 4) is 6.07 Å². The zero-order valence-electron chi connectivity index (χ0n) is 14.0. The Bertz CT molecular complexity index is 649. The highest BCUT2D eigenvalue weighted by Gasteiger charge is 2.70. The summed E-state index contributed by atoms with van der Waals surface area (Å²) in [7, 11) is 0. The Morgan fingerprint density at radius 1 is 1.38 bits per heavy atom. The predicted octanol–water partition coefficient (Wildman–Crippen LogP) is 3.01.